The summed E-state index contributed by atoms with van der Waals surface area (Å²) in [5.74, 6) is 0.236. The Balaban J connectivity index is 1.81. The maximum Gasteiger partial charge on any atom is 0.330 e. The first-order valence-corrected chi connectivity index (χ1v) is 10.6. The Labute approximate surface area is 177 Å². The SMILES string of the molecule is Cn1c(=O)n(CC(C)(C)C)c2ccc(C3C4C=CCC4CN3C(=O)C(C)(C)O)nc21. The number of aliphatic hydroxyl groups is 1. The third-order valence-electron chi connectivity index (χ3n) is 6.20. The fourth-order valence-corrected chi connectivity index (χ4v) is 4.86. The molecule has 3 atom stereocenters. The summed E-state index contributed by atoms with van der Waals surface area (Å²) in [5.41, 5.74) is 0.635. The van der Waals surface area contributed by atoms with Crippen molar-refractivity contribution in [3.8, 4) is 0 Å². The van der Waals surface area contributed by atoms with Crippen LogP contribution in [-0.2, 0) is 18.4 Å². The van der Waals surface area contributed by atoms with Crippen LogP contribution < -0.4 is 5.69 Å². The molecule has 0 bridgehead atoms. The van der Waals surface area contributed by atoms with Gasteiger partial charge in [-0.05, 0) is 43.7 Å². The minimum atomic E-state index is -1.44. The summed E-state index contributed by atoms with van der Waals surface area (Å²) in [6.07, 6.45) is 5.27. The zero-order valence-corrected chi connectivity index (χ0v) is 18.7. The lowest BCUT2D eigenvalue weighted by atomic mass is 9.91. The predicted molar refractivity (Wildman–Crippen MR) is 116 cm³/mol. The van der Waals surface area contributed by atoms with Crippen LogP contribution in [0.5, 0.6) is 0 Å². The van der Waals surface area contributed by atoms with E-state index in [2.05, 4.69) is 32.9 Å². The highest BCUT2D eigenvalue weighted by Crippen LogP contribution is 2.46. The Morgan fingerprint density at radius 2 is 1.93 bits per heavy atom. The Morgan fingerprint density at radius 3 is 2.57 bits per heavy atom. The van der Waals surface area contributed by atoms with Gasteiger partial charge in [-0.1, -0.05) is 32.9 Å². The lowest BCUT2D eigenvalue weighted by Crippen LogP contribution is -2.45. The van der Waals surface area contributed by atoms with Gasteiger partial charge in [0.2, 0.25) is 0 Å². The largest absolute Gasteiger partial charge is 0.381 e. The summed E-state index contributed by atoms with van der Waals surface area (Å²) in [5, 5.41) is 10.4. The van der Waals surface area contributed by atoms with Crippen LogP contribution in [0.4, 0.5) is 0 Å². The summed E-state index contributed by atoms with van der Waals surface area (Å²) >= 11 is 0. The quantitative estimate of drug-likeness (QED) is 0.786. The number of fused-ring (bicyclic) bond motifs is 2. The first-order chi connectivity index (χ1) is 13.9. The number of allylic oxidation sites excluding steroid dienone is 1. The number of hydrogen-bond donors (Lipinski definition) is 1. The van der Waals surface area contributed by atoms with Gasteiger partial charge in [0.1, 0.15) is 5.60 Å². The third kappa shape index (κ3) is 3.39. The molecule has 0 spiro atoms. The van der Waals surface area contributed by atoms with E-state index in [1.165, 1.54) is 13.8 Å². The molecule has 4 rings (SSSR count). The van der Waals surface area contributed by atoms with Crippen molar-refractivity contribution in [3.05, 3.63) is 40.5 Å². The number of amides is 1. The number of likely N-dealkylation sites (tertiary alicyclic amines) is 1. The van der Waals surface area contributed by atoms with Crippen LogP contribution in [0.3, 0.4) is 0 Å². The molecule has 2 aromatic rings. The molecule has 30 heavy (non-hydrogen) atoms. The number of pyridine rings is 1. The second kappa shape index (κ2) is 6.80. The molecule has 162 valence electrons. The highest BCUT2D eigenvalue weighted by Gasteiger charge is 2.48. The zero-order valence-electron chi connectivity index (χ0n) is 18.7. The molecular formula is C23H32N4O3. The van der Waals surface area contributed by atoms with E-state index in [1.807, 2.05) is 12.1 Å². The van der Waals surface area contributed by atoms with Crippen molar-refractivity contribution in [1.82, 2.24) is 19.0 Å². The number of aromatic nitrogens is 3. The fourth-order valence-electron chi connectivity index (χ4n) is 4.86. The predicted octanol–water partition coefficient (Wildman–Crippen LogP) is 2.63. The minimum Gasteiger partial charge on any atom is -0.381 e. The molecule has 0 radical (unpaired) electrons. The molecule has 2 aromatic heterocycles. The van der Waals surface area contributed by atoms with E-state index in [0.29, 0.717) is 24.7 Å². The van der Waals surface area contributed by atoms with Crippen LogP contribution in [0.25, 0.3) is 11.2 Å². The van der Waals surface area contributed by atoms with Gasteiger partial charge in [-0.15, -0.1) is 0 Å². The number of rotatable bonds is 3. The molecule has 2 aliphatic rings. The molecule has 1 N–H and O–H groups in total. The topological polar surface area (TPSA) is 80.4 Å². The van der Waals surface area contributed by atoms with Crippen LogP contribution in [0.1, 0.15) is 52.8 Å². The normalized spacial score (nSPS) is 24.1. The number of carbonyl (C=O) groups excluding carboxylic acids is 1. The first kappa shape index (κ1) is 20.8. The molecule has 1 aliphatic carbocycles. The minimum absolute atomic E-state index is 0.0416. The van der Waals surface area contributed by atoms with E-state index in [-0.39, 0.29) is 29.0 Å². The van der Waals surface area contributed by atoms with Gasteiger partial charge in [-0.3, -0.25) is 13.9 Å². The van der Waals surface area contributed by atoms with Crippen molar-refractivity contribution in [2.24, 2.45) is 24.3 Å². The van der Waals surface area contributed by atoms with Crippen LogP contribution >= 0.6 is 0 Å². The van der Waals surface area contributed by atoms with Gasteiger partial charge in [0.05, 0.1) is 17.3 Å². The van der Waals surface area contributed by atoms with E-state index < -0.39 is 5.60 Å². The summed E-state index contributed by atoms with van der Waals surface area (Å²) in [6.45, 7) is 10.6. The number of hydrogen-bond acceptors (Lipinski definition) is 4. The van der Waals surface area contributed by atoms with Crippen LogP contribution in [-0.4, -0.2) is 42.2 Å². The van der Waals surface area contributed by atoms with Crippen LogP contribution in [0.2, 0.25) is 0 Å². The first-order valence-electron chi connectivity index (χ1n) is 10.6. The van der Waals surface area contributed by atoms with E-state index in [9.17, 15) is 14.7 Å². The highest BCUT2D eigenvalue weighted by atomic mass is 16.3. The molecule has 7 heteroatoms. The standard InChI is InChI=1S/C23H32N4O3/c1-22(2,3)13-27-17-11-10-16(24-19(17)25(6)21(27)29)18-15-9-7-8-14(15)12-26(18)20(28)23(4,5)30/h7,9-11,14-15,18,30H,8,12-13H2,1-6H3. The average molecular weight is 413 g/mol. The number of imidazole rings is 1. The smallest absolute Gasteiger partial charge is 0.330 e. The van der Waals surface area contributed by atoms with Gasteiger partial charge >= 0.3 is 5.69 Å². The lowest BCUT2D eigenvalue weighted by Gasteiger charge is -2.31. The summed E-state index contributed by atoms with van der Waals surface area (Å²) in [6, 6.07) is 3.65. The van der Waals surface area contributed by atoms with Gasteiger partial charge in [0.25, 0.3) is 5.91 Å². The average Bonchev–Trinajstić information content (AvgIpc) is 3.28. The number of nitrogens with zero attached hydrogens (tertiary/aromatic N) is 4. The second-order valence-electron chi connectivity index (χ2n) is 10.5. The Morgan fingerprint density at radius 1 is 1.23 bits per heavy atom. The van der Waals surface area contributed by atoms with Crippen molar-refractivity contribution in [1.29, 1.82) is 0 Å². The highest BCUT2D eigenvalue weighted by molar-refractivity contribution is 5.85. The van der Waals surface area contributed by atoms with Crippen molar-refractivity contribution < 1.29 is 9.90 Å². The van der Waals surface area contributed by atoms with Crippen molar-refractivity contribution in [2.75, 3.05) is 6.54 Å². The van der Waals surface area contributed by atoms with E-state index in [0.717, 1.165) is 17.6 Å². The van der Waals surface area contributed by atoms with Gasteiger partial charge in [-0.2, -0.15) is 0 Å². The van der Waals surface area contributed by atoms with Crippen LogP contribution in [0.15, 0.2) is 29.1 Å². The molecule has 0 aromatic carbocycles. The monoisotopic (exact) mass is 412 g/mol. The number of aryl methyl sites for hydroxylation is 1. The molecular weight excluding hydrogens is 380 g/mol. The van der Waals surface area contributed by atoms with Crippen molar-refractivity contribution >= 4 is 17.1 Å². The van der Waals surface area contributed by atoms with Gasteiger partial charge in [0, 0.05) is 26.1 Å². The molecule has 1 aliphatic heterocycles. The molecule has 3 unspecified atom stereocenters. The zero-order chi connectivity index (χ0) is 22.0. The van der Waals surface area contributed by atoms with Crippen molar-refractivity contribution in [3.63, 3.8) is 0 Å². The molecule has 1 fully saturated rings. The van der Waals surface area contributed by atoms with E-state index >= 15 is 0 Å². The van der Waals surface area contributed by atoms with E-state index in [4.69, 9.17) is 4.98 Å². The maximum absolute atomic E-state index is 13.0. The molecule has 1 saturated heterocycles. The van der Waals surface area contributed by atoms with Crippen LogP contribution in [0, 0.1) is 17.3 Å². The fraction of sp³-hybridized carbons (Fsp3) is 0.609. The molecule has 0 saturated carbocycles. The summed E-state index contributed by atoms with van der Waals surface area (Å²) < 4.78 is 3.36. The second-order valence-corrected chi connectivity index (χ2v) is 10.5. The Bertz CT molecular complexity index is 1080. The van der Waals surface area contributed by atoms with Gasteiger partial charge in [-0.25, -0.2) is 9.78 Å². The Hall–Kier alpha value is -2.41. The van der Waals surface area contributed by atoms with E-state index in [1.54, 1.807) is 21.1 Å². The molecule has 3 heterocycles. The summed E-state index contributed by atoms with van der Waals surface area (Å²) in [7, 11) is 1.74. The van der Waals surface area contributed by atoms with Crippen molar-refractivity contribution in [2.45, 2.75) is 59.2 Å². The van der Waals surface area contributed by atoms with Gasteiger partial charge in [0.15, 0.2) is 5.65 Å². The van der Waals surface area contributed by atoms with Gasteiger partial charge < -0.3 is 10.0 Å². The molecule has 1 amide bonds. The summed E-state index contributed by atoms with van der Waals surface area (Å²) in [4.78, 5) is 32.5. The Kier molecular flexibility index (Phi) is 4.73. The maximum atomic E-state index is 13.0. The third-order valence-corrected chi connectivity index (χ3v) is 6.20. The number of carbonyl (C=O) groups is 1. The lowest BCUT2D eigenvalue weighted by molar-refractivity contribution is -0.149. The molecule has 7 nitrogen and oxygen atoms in total.